The number of thiazole rings is 1. The number of benzene rings is 2. The molecule has 0 fully saturated rings. The Balaban J connectivity index is 1.66. The van der Waals surface area contributed by atoms with Gasteiger partial charge >= 0.3 is 0 Å². The molecule has 0 atom stereocenters. The van der Waals surface area contributed by atoms with Gasteiger partial charge in [0.05, 0.1) is 12.8 Å². The Labute approximate surface area is 152 Å². The maximum Gasteiger partial charge on any atom is 0.250 e. The average molecular weight is 372 g/mol. The van der Waals surface area contributed by atoms with Crippen molar-refractivity contribution >= 4 is 28.5 Å². The molecule has 2 aromatic carbocycles. The van der Waals surface area contributed by atoms with Crippen molar-refractivity contribution in [2.24, 2.45) is 0 Å². The zero-order valence-corrected chi connectivity index (χ0v) is 14.5. The molecule has 0 spiro atoms. The smallest absolute Gasteiger partial charge is 0.250 e. The van der Waals surface area contributed by atoms with Crippen LogP contribution in [0.15, 0.2) is 53.9 Å². The van der Waals surface area contributed by atoms with E-state index in [1.807, 2.05) is 12.1 Å². The molecule has 0 aliphatic carbocycles. The Hall–Kier alpha value is -3.06. The number of hydrogen-bond acceptors (Lipinski definition) is 4. The first kappa shape index (κ1) is 17.8. The third-order valence-corrected chi connectivity index (χ3v) is 4.24. The number of carbonyl (C=O) groups is 1. The molecule has 3 rings (SSSR count). The van der Waals surface area contributed by atoms with Crippen molar-refractivity contribution in [1.82, 2.24) is 4.98 Å². The molecule has 132 valence electrons. The number of anilines is 1. The van der Waals surface area contributed by atoms with Gasteiger partial charge in [0, 0.05) is 23.1 Å². The van der Waals surface area contributed by atoms with E-state index in [0.717, 1.165) is 34.8 Å². The third kappa shape index (κ3) is 4.31. The minimum Gasteiger partial charge on any atom is -0.497 e. The highest BCUT2D eigenvalue weighted by Gasteiger charge is 2.11. The second-order valence-corrected chi connectivity index (χ2v) is 6.12. The largest absolute Gasteiger partial charge is 0.497 e. The summed E-state index contributed by atoms with van der Waals surface area (Å²) >= 11 is 1.16. The molecule has 3 aromatic rings. The molecular weight excluding hydrogens is 358 g/mol. The van der Waals surface area contributed by atoms with Gasteiger partial charge in [0.2, 0.25) is 5.91 Å². The van der Waals surface area contributed by atoms with Crippen LogP contribution in [0.1, 0.15) is 5.56 Å². The lowest BCUT2D eigenvalue weighted by molar-refractivity contribution is -0.111. The Morgan fingerprint density at radius 1 is 1.19 bits per heavy atom. The number of nitrogens with one attached hydrogen (secondary N) is 1. The van der Waals surface area contributed by atoms with E-state index < -0.39 is 11.6 Å². The summed E-state index contributed by atoms with van der Waals surface area (Å²) in [7, 11) is 1.58. The lowest BCUT2D eigenvalue weighted by Gasteiger charge is -2.00. The molecule has 4 nitrogen and oxygen atoms in total. The van der Waals surface area contributed by atoms with Crippen molar-refractivity contribution in [2.45, 2.75) is 0 Å². The van der Waals surface area contributed by atoms with E-state index in [9.17, 15) is 13.6 Å². The van der Waals surface area contributed by atoms with E-state index in [-0.39, 0.29) is 11.5 Å². The van der Waals surface area contributed by atoms with Gasteiger partial charge in [0.1, 0.15) is 17.4 Å². The maximum absolute atomic E-state index is 13.8. The zero-order chi connectivity index (χ0) is 18.5. The van der Waals surface area contributed by atoms with Gasteiger partial charge in [-0.1, -0.05) is 12.1 Å². The van der Waals surface area contributed by atoms with Crippen LogP contribution in [0.4, 0.5) is 13.9 Å². The molecular formula is C19H14F2N2O2S. The summed E-state index contributed by atoms with van der Waals surface area (Å²) in [6.07, 6.45) is 3.03. The summed E-state index contributed by atoms with van der Waals surface area (Å²) in [5.41, 5.74) is 1.35. The number of carbonyl (C=O) groups excluding carboxylic acids is 1. The summed E-state index contributed by atoms with van der Waals surface area (Å²) < 4.78 is 31.8. The van der Waals surface area contributed by atoms with Gasteiger partial charge in [-0.05, 0) is 35.9 Å². The van der Waals surface area contributed by atoms with Crippen molar-refractivity contribution in [3.05, 3.63) is 71.1 Å². The fourth-order valence-electron chi connectivity index (χ4n) is 2.19. The fourth-order valence-corrected chi connectivity index (χ4v) is 2.90. The van der Waals surface area contributed by atoms with Crippen LogP contribution in [0.2, 0.25) is 0 Å². The van der Waals surface area contributed by atoms with Crippen LogP contribution >= 0.6 is 11.3 Å². The van der Waals surface area contributed by atoms with Gasteiger partial charge < -0.3 is 4.74 Å². The number of nitrogens with zero attached hydrogens (tertiary/aromatic N) is 1. The molecule has 0 saturated carbocycles. The molecule has 1 aromatic heterocycles. The van der Waals surface area contributed by atoms with E-state index in [4.69, 9.17) is 4.74 Å². The van der Waals surface area contributed by atoms with Crippen LogP contribution in [0, 0.1) is 11.6 Å². The molecule has 26 heavy (non-hydrogen) atoms. The maximum atomic E-state index is 13.8. The number of hydrogen-bond donors (Lipinski definition) is 1. The minimum absolute atomic E-state index is 0.178. The molecule has 7 heteroatoms. The van der Waals surface area contributed by atoms with Crippen molar-refractivity contribution in [1.29, 1.82) is 0 Å². The molecule has 1 amide bonds. The summed E-state index contributed by atoms with van der Waals surface area (Å²) in [4.78, 5) is 16.1. The molecule has 0 saturated heterocycles. The molecule has 1 heterocycles. The van der Waals surface area contributed by atoms with E-state index in [1.54, 1.807) is 30.7 Å². The highest BCUT2D eigenvalue weighted by molar-refractivity contribution is 7.14. The van der Waals surface area contributed by atoms with Gasteiger partial charge in [0.15, 0.2) is 5.13 Å². The first-order valence-electron chi connectivity index (χ1n) is 7.59. The first-order valence-corrected chi connectivity index (χ1v) is 8.47. The molecule has 0 radical (unpaired) electrons. The van der Waals surface area contributed by atoms with Crippen molar-refractivity contribution in [3.8, 4) is 17.0 Å². The quantitative estimate of drug-likeness (QED) is 0.658. The molecule has 0 bridgehead atoms. The van der Waals surface area contributed by atoms with Crippen LogP contribution < -0.4 is 10.1 Å². The summed E-state index contributed by atoms with van der Waals surface area (Å²) in [5.74, 6) is -0.984. The second kappa shape index (κ2) is 7.88. The van der Waals surface area contributed by atoms with E-state index in [2.05, 4.69) is 10.3 Å². The number of halogens is 2. The Bertz CT molecular complexity index is 952. The normalized spacial score (nSPS) is 10.9. The van der Waals surface area contributed by atoms with Crippen LogP contribution in [-0.4, -0.2) is 18.0 Å². The Morgan fingerprint density at radius 3 is 2.65 bits per heavy atom. The third-order valence-electron chi connectivity index (χ3n) is 3.48. The standard InChI is InChI=1S/C19H14F2N2O2S/c1-25-14-6-2-12(3-7-14)4-9-18(24)23-19-22-17(11-26-19)15-8-5-13(20)10-16(15)21/h2-11H,1H3,(H,22,23,24)/b9-4+. The predicted molar refractivity (Wildman–Crippen MR) is 98.1 cm³/mol. The molecule has 0 aliphatic heterocycles. The monoisotopic (exact) mass is 372 g/mol. The number of amides is 1. The highest BCUT2D eigenvalue weighted by Crippen LogP contribution is 2.27. The molecule has 0 unspecified atom stereocenters. The Morgan fingerprint density at radius 2 is 1.96 bits per heavy atom. The van der Waals surface area contributed by atoms with Crippen LogP contribution in [0.3, 0.4) is 0 Å². The van der Waals surface area contributed by atoms with Gasteiger partial charge in [-0.15, -0.1) is 11.3 Å². The lowest BCUT2D eigenvalue weighted by Crippen LogP contribution is -2.07. The van der Waals surface area contributed by atoms with E-state index in [1.165, 1.54) is 12.1 Å². The first-order chi connectivity index (χ1) is 12.5. The van der Waals surface area contributed by atoms with Gasteiger partial charge in [-0.3, -0.25) is 10.1 Å². The lowest BCUT2D eigenvalue weighted by atomic mass is 10.1. The second-order valence-electron chi connectivity index (χ2n) is 5.26. The number of aromatic nitrogens is 1. The summed E-state index contributed by atoms with van der Waals surface area (Å²) in [5, 5.41) is 4.54. The van der Waals surface area contributed by atoms with Gasteiger partial charge in [-0.2, -0.15) is 0 Å². The average Bonchev–Trinajstić information content (AvgIpc) is 3.08. The summed E-state index contributed by atoms with van der Waals surface area (Å²) in [6, 6.07) is 10.5. The van der Waals surface area contributed by atoms with Crippen molar-refractivity contribution in [3.63, 3.8) is 0 Å². The number of rotatable bonds is 5. The van der Waals surface area contributed by atoms with Crippen LogP contribution in [0.5, 0.6) is 5.75 Å². The summed E-state index contributed by atoms with van der Waals surface area (Å²) in [6.45, 7) is 0. The fraction of sp³-hybridized carbons (Fsp3) is 0.0526. The van der Waals surface area contributed by atoms with E-state index in [0.29, 0.717) is 10.8 Å². The number of ether oxygens (including phenoxy) is 1. The van der Waals surface area contributed by atoms with Gasteiger partial charge in [-0.25, -0.2) is 13.8 Å². The topological polar surface area (TPSA) is 51.2 Å². The SMILES string of the molecule is COc1ccc(/C=C/C(=O)Nc2nc(-c3ccc(F)cc3F)cs2)cc1. The van der Waals surface area contributed by atoms with Crippen molar-refractivity contribution in [2.75, 3.05) is 12.4 Å². The zero-order valence-electron chi connectivity index (χ0n) is 13.7. The number of methoxy groups -OCH3 is 1. The van der Waals surface area contributed by atoms with Crippen LogP contribution in [0.25, 0.3) is 17.3 Å². The van der Waals surface area contributed by atoms with Gasteiger partial charge in [0.25, 0.3) is 0 Å². The van der Waals surface area contributed by atoms with Crippen molar-refractivity contribution < 1.29 is 18.3 Å². The highest BCUT2D eigenvalue weighted by atomic mass is 32.1. The predicted octanol–water partition coefficient (Wildman–Crippen LogP) is 4.75. The Kier molecular flexibility index (Phi) is 5.38. The molecule has 1 N–H and O–H groups in total. The minimum atomic E-state index is -0.701. The molecule has 0 aliphatic rings. The van der Waals surface area contributed by atoms with E-state index >= 15 is 0 Å². The van der Waals surface area contributed by atoms with Crippen LogP contribution in [-0.2, 0) is 4.79 Å².